The number of hydrogen-bond donors (Lipinski definition) is 1. The molecule has 3 aromatic rings. The number of methoxy groups -OCH3 is 2. The van der Waals surface area contributed by atoms with Gasteiger partial charge in [0, 0.05) is 12.1 Å². The molecule has 0 saturated heterocycles. The highest BCUT2D eigenvalue weighted by molar-refractivity contribution is 5.57. The van der Waals surface area contributed by atoms with Crippen molar-refractivity contribution in [3.8, 4) is 22.8 Å². The second-order valence-electron chi connectivity index (χ2n) is 5.96. The Labute approximate surface area is 148 Å². The molecule has 1 aromatic heterocycles. The van der Waals surface area contributed by atoms with Gasteiger partial charge in [0.1, 0.15) is 17.3 Å². The van der Waals surface area contributed by atoms with E-state index in [9.17, 15) is 0 Å². The van der Waals surface area contributed by atoms with Crippen LogP contribution in [0.4, 0.5) is 0 Å². The minimum Gasteiger partial charge on any atom is -0.497 e. The molecule has 5 heteroatoms. The molecule has 3 rings (SSSR count). The van der Waals surface area contributed by atoms with E-state index in [1.54, 1.807) is 14.2 Å². The summed E-state index contributed by atoms with van der Waals surface area (Å²) in [4.78, 5) is 10.1. The van der Waals surface area contributed by atoms with Gasteiger partial charge in [-0.25, -0.2) is 4.98 Å². The van der Waals surface area contributed by atoms with E-state index in [2.05, 4.69) is 34.0 Å². The van der Waals surface area contributed by atoms with Gasteiger partial charge in [-0.3, -0.25) is 4.90 Å². The molecule has 1 N–H and O–H groups in total. The van der Waals surface area contributed by atoms with Gasteiger partial charge in [-0.05, 0) is 30.8 Å². The molecule has 0 bridgehead atoms. The smallest absolute Gasteiger partial charge is 0.123 e. The Kier molecular flexibility index (Phi) is 5.36. The van der Waals surface area contributed by atoms with Gasteiger partial charge in [-0.1, -0.05) is 30.3 Å². The lowest BCUT2D eigenvalue weighted by Crippen LogP contribution is -2.18. The summed E-state index contributed by atoms with van der Waals surface area (Å²) in [6.07, 6.45) is 1.88. The summed E-state index contributed by atoms with van der Waals surface area (Å²) in [6, 6.07) is 16.0. The Bertz CT molecular complexity index is 815. The number of imidazole rings is 1. The SMILES string of the molecule is COc1ccc(OC)c(CN(C)Cc2ncc(-c3ccccc3)[nH]2)c1. The molecule has 0 amide bonds. The Hall–Kier alpha value is -2.79. The lowest BCUT2D eigenvalue weighted by molar-refractivity contribution is 0.302. The molecule has 0 saturated carbocycles. The zero-order valence-corrected chi connectivity index (χ0v) is 14.8. The number of nitrogens with one attached hydrogen (secondary N) is 1. The Morgan fingerprint density at radius 1 is 1.00 bits per heavy atom. The molecular formula is C20H23N3O2. The van der Waals surface area contributed by atoms with Gasteiger partial charge in [0.15, 0.2) is 0 Å². The third-order valence-corrected chi connectivity index (χ3v) is 4.06. The highest BCUT2D eigenvalue weighted by Gasteiger charge is 2.10. The number of ether oxygens (including phenoxy) is 2. The maximum atomic E-state index is 5.45. The van der Waals surface area contributed by atoms with Crippen molar-refractivity contribution < 1.29 is 9.47 Å². The second kappa shape index (κ2) is 7.85. The van der Waals surface area contributed by atoms with Crippen molar-refractivity contribution in [1.29, 1.82) is 0 Å². The zero-order chi connectivity index (χ0) is 17.6. The molecule has 0 unspecified atom stereocenters. The van der Waals surface area contributed by atoms with Crippen molar-refractivity contribution in [2.45, 2.75) is 13.1 Å². The number of nitrogens with zero attached hydrogens (tertiary/aromatic N) is 2. The minimum absolute atomic E-state index is 0.715. The third kappa shape index (κ3) is 4.19. The number of benzene rings is 2. The van der Waals surface area contributed by atoms with Crippen LogP contribution in [0.15, 0.2) is 54.7 Å². The third-order valence-electron chi connectivity index (χ3n) is 4.06. The highest BCUT2D eigenvalue weighted by Crippen LogP contribution is 2.25. The van der Waals surface area contributed by atoms with Crippen LogP contribution < -0.4 is 9.47 Å². The van der Waals surface area contributed by atoms with Crippen molar-refractivity contribution in [2.24, 2.45) is 0 Å². The quantitative estimate of drug-likeness (QED) is 0.714. The van der Waals surface area contributed by atoms with Gasteiger partial charge in [0.25, 0.3) is 0 Å². The summed E-state index contributed by atoms with van der Waals surface area (Å²) in [7, 11) is 5.41. The van der Waals surface area contributed by atoms with Crippen LogP contribution in [-0.2, 0) is 13.1 Å². The zero-order valence-electron chi connectivity index (χ0n) is 14.8. The molecule has 25 heavy (non-hydrogen) atoms. The summed E-state index contributed by atoms with van der Waals surface area (Å²) in [5.41, 5.74) is 3.25. The van der Waals surface area contributed by atoms with E-state index in [-0.39, 0.29) is 0 Å². The van der Waals surface area contributed by atoms with Gasteiger partial charge in [0.05, 0.1) is 32.7 Å². The van der Waals surface area contributed by atoms with Crippen LogP contribution in [-0.4, -0.2) is 36.1 Å². The van der Waals surface area contributed by atoms with E-state index in [4.69, 9.17) is 9.47 Å². The first-order valence-corrected chi connectivity index (χ1v) is 8.18. The van der Waals surface area contributed by atoms with Gasteiger partial charge in [-0.2, -0.15) is 0 Å². The maximum absolute atomic E-state index is 5.45. The standard InChI is InChI=1S/C20H23N3O2/c1-23(13-16-11-17(24-2)9-10-19(16)25-3)14-20-21-12-18(22-20)15-7-5-4-6-8-15/h4-12H,13-14H2,1-3H3,(H,21,22). The van der Waals surface area contributed by atoms with E-state index in [1.165, 1.54) is 0 Å². The van der Waals surface area contributed by atoms with Crippen LogP contribution in [0.3, 0.4) is 0 Å². The number of hydrogen-bond acceptors (Lipinski definition) is 4. The van der Waals surface area contributed by atoms with Gasteiger partial charge < -0.3 is 14.5 Å². The van der Waals surface area contributed by atoms with E-state index in [0.29, 0.717) is 6.54 Å². The first-order chi connectivity index (χ1) is 12.2. The minimum atomic E-state index is 0.715. The maximum Gasteiger partial charge on any atom is 0.123 e. The van der Waals surface area contributed by atoms with Gasteiger partial charge >= 0.3 is 0 Å². The highest BCUT2D eigenvalue weighted by atomic mass is 16.5. The monoisotopic (exact) mass is 337 g/mol. The first kappa shape index (κ1) is 17.0. The largest absolute Gasteiger partial charge is 0.497 e. The number of aromatic nitrogens is 2. The van der Waals surface area contributed by atoms with Crippen LogP contribution in [0, 0.1) is 0 Å². The second-order valence-corrected chi connectivity index (χ2v) is 5.96. The lowest BCUT2D eigenvalue weighted by atomic mass is 10.1. The Balaban J connectivity index is 1.69. The summed E-state index contributed by atoms with van der Waals surface area (Å²) < 4.78 is 10.8. The van der Waals surface area contributed by atoms with Gasteiger partial charge in [-0.15, -0.1) is 0 Å². The van der Waals surface area contributed by atoms with Crippen LogP contribution >= 0.6 is 0 Å². The topological polar surface area (TPSA) is 50.4 Å². The van der Waals surface area contributed by atoms with Gasteiger partial charge in [0.2, 0.25) is 0 Å². The molecule has 0 spiro atoms. The molecule has 0 radical (unpaired) electrons. The van der Waals surface area contributed by atoms with E-state index in [0.717, 1.165) is 40.7 Å². The Morgan fingerprint density at radius 3 is 2.52 bits per heavy atom. The predicted molar refractivity (Wildman–Crippen MR) is 98.7 cm³/mol. The molecule has 0 aliphatic rings. The van der Waals surface area contributed by atoms with E-state index in [1.807, 2.05) is 42.6 Å². The number of H-pyrrole nitrogens is 1. The van der Waals surface area contributed by atoms with Crippen LogP contribution in [0.2, 0.25) is 0 Å². The summed E-state index contributed by atoms with van der Waals surface area (Å²) in [6.45, 7) is 1.45. The first-order valence-electron chi connectivity index (χ1n) is 8.18. The molecule has 0 fully saturated rings. The molecule has 5 nitrogen and oxygen atoms in total. The fourth-order valence-electron chi connectivity index (χ4n) is 2.82. The predicted octanol–water partition coefficient (Wildman–Crippen LogP) is 3.73. The summed E-state index contributed by atoms with van der Waals surface area (Å²) >= 11 is 0. The molecule has 0 aliphatic carbocycles. The van der Waals surface area contributed by atoms with E-state index >= 15 is 0 Å². The Morgan fingerprint density at radius 2 is 1.80 bits per heavy atom. The van der Waals surface area contributed by atoms with Crippen molar-refractivity contribution >= 4 is 0 Å². The normalized spacial score (nSPS) is 10.9. The van der Waals surface area contributed by atoms with Crippen LogP contribution in [0.5, 0.6) is 11.5 Å². The molecule has 1 heterocycles. The van der Waals surface area contributed by atoms with Crippen molar-refractivity contribution in [1.82, 2.24) is 14.9 Å². The lowest BCUT2D eigenvalue weighted by Gasteiger charge is -2.18. The molecule has 0 atom stereocenters. The number of aromatic amines is 1. The average molecular weight is 337 g/mol. The molecule has 130 valence electrons. The average Bonchev–Trinajstić information content (AvgIpc) is 3.10. The van der Waals surface area contributed by atoms with Crippen molar-refractivity contribution in [3.63, 3.8) is 0 Å². The van der Waals surface area contributed by atoms with E-state index < -0.39 is 0 Å². The summed E-state index contributed by atoms with van der Waals surface area (Å²) in [5.74, 6) is 2.62. The molecular weight excluding hydrogens is 314 g/mol. The van der Waals surface area contributed by atoms with Crippen LogP contribution in [0.25, 0.3) is 11.3 Å². The van der Waals surface area contributed by atoms with Crippen LogP contribution in [0.1, 0.15) is 11.4 Å². The summed E-state index contributed by atoms with van der Waals surface area (Å²) in [5, 5.41) is 0. The fraction of sp³-hybridized carbons (Fsp3) is 0.250. The molecule has 2 aromatic carbocycles. The number of rotatable bonds is 7. The van der Waals surface area contributed by atoms with Crippen molar-refractivity contribution in [2.75, 3.05) is 21.3 Å². The van der Waals surface area contributed by atoms with Crippen molar-refractivity contribution in [3.05, 3.63) is 66.1 Å². The fourth-order valence-corrected chi connectivity index (χ4v) is 2.82. The molecule has 0 aliphatic heterocycles.